The Labute approximate surface area is 112 Å². The third kappa shape index (κ3) is 4.08. The Hall–Kier alpha value is -0.390. The van der Waals surface area contributed by atoms with Gasteiger partial charge in [-0.1, -0.05) is 29.3 Å². The van der Waals surface area contributed by atoms with Gasteiger partial charge in [0.05, 0.1) is 4.90 Å². The molecule has 0 amide bonds. The predicted octanol–water partition coefficient (Wildman–Crippen LogP) is 3.22. The summed E-state index contributed by atoms with van der Waals surface area (Å²) in [7, 11) is -3.39. The molecule has 0 aliphatic carbocycles. The van der Waals surface area contributed by atoms with E-state index in [0.29, 0.717) is 4.90 Å². The van der Waals surface area contributed by atoms with Crippen molar-refractivity contribution in [2.75, 3.05) is 0 Å². The molecule has 5 heteroatoms. The van der Waals surface area contributed by atoms with Crippen LogP contribution in [-0.2, 0) is 10.0 Å². The van der Waals surface area contributed by atoms with Crippen molar-refractivity contribution in [1.82, 2.24) is 4.72 Å². The SMILES string of the molecule is CCCC(C)NS(=O)(=O)c1ccc(Br)c(C)c1. The normalized spacial score (nSPS) is 13.6. The van der Waals surface area contributed by atoms with Crippen LogP contribution in [0.1, 0.15) is 32.3 Å². The maximum atomic E-state index is 12.1. The molecule has 1 unspecified atom stereocenters. The summed E-state index contributed by atoms with van der Waals surface area (Å²) in [5, 5.41) is 0. The number of nitrogens with one attached hydrogen (secondary N) is 1. The maximum absolute atomic E-state index is 12.1. The van der Waals surface area contributed by atoms with E-state index in [-0.39, 0.29) is 6.04 Å². The standard InChI is InChI=1S/C12H18BrNO2S/c1-4-5-10(3)14-17(15,16)11-6-7-12(13)9(2)8-11/h6-8,10,14H,4-5H2,1-3H3. The molecule has 0 aliphatic rings. The number of halogens is 1. The van der Waals surface area contributed by atoms with Gasteiger partial charge in [0.2, 0.25) is 10.0 Å². The molecule has 0 aliphatic heterocycles. The fraction of sp³-hybridized carbons (Fsp3) is 0.500. The summed E-state index contributed by atoms with van der Waals surface area (Å²) in [4.78, 5) is 0.321. The average Bonchev–Trinajstić information content (AvgIpc) is 2.21. The summed E-state index contributed by atoms with van der Waals surface area (Å²) in [6.45, 7) is 5.79. The van der Waals surface area contributed by atoms with Gasteiger partial charge in [-0.05, 0) is 44.0 Å². The summed E-state index contributed by atoms with van der Waals surface area (Å²) >= 11 is 3.36. The van der Waals surface area contributed by atoms with Crippen molar-refractivity contribution >= 4 is 26.0 Å². The van der Waals surface area contributed by atoms with Gasteiger partial charge in [-0.2, -0.15) is 0 Å². The zero-order chi connectivity index (χ0) is 13.1. The highest BCUT2D eigenvalue weighted by Gasteiger charge is 2.17. The van der Waals surface area contributed by atoms with Gasteiger partial charge in [0.1, 0.15) is 0 Å². The minimum absolute atomic E-state index is 0.0334. The Balaban J connectivity index is 2.93. The van der Waals surface area contributed by atoms with Crippen molar-refractivity contribution in [2.45, 2.75) is 44.6 Å². The summed E-state index contributed by atoms with van der Waals surface area (Å²) in [6.07, 6.45) is 1.80. The van der Waals surface area contributed by atoms with Gasteiger partial charge in [-0.25, -0.2) is 13.1 Å². The zero-order valence-electron chi connectivity index (χ0n) is 10.3. The summed E-state index contributed by atoms with van der Waals surface area (Å²) in [6, 6.07) is 5.01. The first-order valence-corrected chi connectivity index (χ1v) is 7.93. The number of aryl methyl sites for hydroxylation is 1. The Kier molecular flexibility index (Phi) is 5.16. The minimum Gasteiger partial charge on any atom is -0.208 e. The van der Waals surface area contributed by atoms with Gasteiger partial charge >= 0.3 is 0 Å². The topological polar surface area (TPSA) is 46.2 Å². The van der Waals surface area contributed by atoms with Crippen LogP contribution in [0.4, 0.5) is 0 Å². The van der Waals surface area contributed by atoms with Crippen LogP contribution in [0.15, 0.2) is 27.6 Å². The first-order valence-electron chi connectivity index (χ1n) is 5.65. The summed E-state index contributed by atoms with van der Waals surface area (Å²) < 4.78 is 27.7. The molecule has 0 heterocycles. The molecule has 96 valence electrons. The number of hydrogen-bond acceptors (Lipinski definition) is 2. The molecular weight excluding hydrogens is 302 g/mol. The summed E-state index contributed by atoms with van der Waals surface area (Å²) in [5.74, 6) is 0. The Morgan fingerprint density at radius 3 is 2.59 bits per heavy atom. The summed E-state index contributed by atoms with van der Waals surface area (Å²) in [5.41, 5.74) is 0.913. The zero-order valence-corrected chi connectivity index (χ0v) is 12.7. The maximum Gasteiger partial charge on any atom is 0.240 e. The van der Waals surface area contributed by atoms with Gasteiger partial charge in [-0.3, -0.25) is 0 Å². The lowest BCUT2D eigenvalue weighted by Crippen LogP contribution is -2.32. The van der Waals surface area contributed by atoms with E-state index in [0.717, 1.165) is 22.9 Å². The molecule has 0 bridgehead atoms. The molecular formula is C12H18BrNO2S. The third-order valence-corrected chi connectivity index (χ3v) is 4.99. The van der Waals surface area contributed by atoms with Crippen LogP contribution in [0.3, 0.4) is 0 Å². The van der Waals surface area contributed by atoms with Gasteiger partial charge in [0.15, 0.2) is 0 Å². The lowest BCUT2D eigenvalue weighted by atomic mass is 10.2. The number of sulfonamides is 1. The second kappa shape index (κ2) is 5.98. The number of benzene rings is 1. The Morgan fingerprint density at radius 1 is 1.41 bits per heavy atom. The predicted molar refractivity (Wildman–Crippen MR) is 73.6 cm³/mol. The fourth-order valence-corrected chi connectivity index (χ4v) is 3.22. The first kappa shape index (κ1) is 14.7. The molecule has 1 aromatic carbocycles. The van der Waals surface area contributed by atoms with Crippen LogP contribution >= 0.6 is 15.9 Å². The highest BCUT2D eigenvalue weighted by Crippen LogP contribution is 2.20. The van der Waals surface area contributed by atoms with Crippen molar-refractivity contribution in [1.29, 1.82) is 0 Å². The fourth-order valence-electron chi connectivity index (χ4n) is 1.61. The molecule has 0 fully saturated rings. The highest BCUT2D eigenvalue weighted by atomic mass is 79.9. The molecule has 1 N–H and O–H groups in total. The van der Waals surface area contributed by atoms with Gasteiger partial charge in [0.25, 0.3) is 0 Å². The van der Waals surface area contributed by atoms with Crippen molar-refractivity contribution in [2.24, 2.45) is 0 Å². The van der Waals surface area contributed by atoms with Crippen molar-refractivity contribution in [3.05, 3.63) is 28.2 Å². The minimum atomic E-state index is -3.39. The van der Waals surface area contributed by atoms with Crippen LogP contribution in [-0.4, -0.2) is 14.5 Å². The van der Waals surface area contributed by atoms with Crippen LogP contribution in [0, 0.1) is 6.92 Å². The van der Waals surface area contributed by atoms with Crippen molar-refractivity contribution in [3.63, 3.8) is 0 Å². The van der Waals surface area contributed by atoms with Gasteiger partial charge in [-0.15, -0.1) is 0 Å². The number of rotatable bonds is 5. The van der Waals surface area contributed by atoms with Crippen LogP contribution in [0.25, 0.3) is 0 Å². The average molecular weight is 320 g/mol. The second-order valence-electron chi connectivity index (χ2n) is 4.22. The lowest BCUT2D eigenvalue weighted by molar-refractivity contribution is 0.544. The Bertz CT molecular complexity index is 485. The molecule has 1 rings (SSSR count). The van der Waals surface area contributed by atoms with E-state index in [2.05, 4.69) is 20.7 Å². The van der Waals surface area contributed by atoms with E-state index in [9.17, 15) is 8.42 Å². The van der Waals surface area contributed by atoms with Crippen LogP contribution < -0.4 is 4.72 Å². The second-order valence-corrected chi connectivity index (χ2v) is 6.79. The third-order valence-electron chi connectivity index (χ3n) is 2.52. The van der Waals surface area contributed by atoms with E-state index in [4.69, 9.17) is 0 Å². The highest BCUT2D eigenvalue weighted by molar-refractivity contribution is 9.10. The largest absolute Gasteiger partial charge is 0.240 e. The molecule has 1 aromatic rings. The van der Waals surface area contributed by atoms with E-state index in [1.54, 1.807) is 18.2 Å². The molecule has 1 atom stereocenters. The molecule has 0 aromatic heterocycles. The van der Waals surface area contributed by atoms with Gasteiger partial charge in [0, 0.05) is 10.5 Å². The molecule has 17 heavy (non-hydrogen) atoms. The molecule has 0 radical (unpaired) electrons. The van der Waals surface area contributed by atoms with E-state index >= 15 is 0 Å². The molecule has 0 spiro atoms. The van der Waals surface area contributed by atoms with E-state index in [1.165, 1.54) is 0 Å². The number of hydrogen-bond donors (Lipinski definition) is 1. The monoisotopic (exact) mass is 319 g/mol. The van der Waals surface area contributed by atoms with E-state index in [1.807, 2.05) is 20.8 Å². The van der Waals surface area contributed by atoms with Gasteiger partial charge < -0.3 is 0 Å². The van der Waals surface area contributed by atoms with Crippen LogP contribution in [0.5, 0.6) is 0 Å². The molecule has 0 saturated heterocycles. The van der Waals surface area contributed by atoms with E-state index < -0.39 is 10.0 Å². The smallest absolute Gasteiger partial charge is 0.208 e. The molecule has 0 saturated carbocycles. The Morgan fingerprint density at radius 2 is 2.06 bits per heavy atom. The lowest BCUT2D eigenvalue weighted by Gasteiger charge is -2.13. The quantitative estimate of drug-likeness (QED) is 0.905. The first-order chi connectivity index (χ1) is 7.86. The molecule has 3 nitrogen and oxygen atoms in total. The van der Waals surface area contributed by atoms with Crippen molar-refractivity contribution < 1.29 is 8.42 Å². The van der Waals surface area contributed by atoms with Crippen LogP contribution in [0.2, 0.25) is 0 Å². The van der Waals surface area contributed by atoms with Crippen molar-refractivity contribution in [3.8, 4) is 0 Å².